The second-order valence-corrected chi connectivity index (χ2v) is 6.78. The molecule has 5 rings (SSSR count). The van der Waals surface area contributed by atoms with Crippen LogP contribution in [0.2, 0.25) is 0 Å². The van der Waals surface area contributed by atoms with Gasteiger partial charge < -0.3 is 14.6 Å². The molecule has 1 unspecified atom stereocenters. The minimum Gasteiger partial charge on any atom is -0.497 e. The lowest BCUT2D eigenvalue weighted by Crippen LogP contribution is -2.22. The summed E-state index contributed by atoms with van der Waals surface area (Å²) >= 11 is 0. The Bertz CT molecular complexity index is 1110. The van der Waals surface area contributed by atoms with Crippen molar-refractivity contribution in [2.24, 2.45) is 0 Å². The van der Waals surface area contributed by atoms with E-state index in [2.05, 4.69) is 77.5 Å². The summed E-state index contributed by atoms with van der Waals surface area (Å²) in [6.45, 7) is 2.18. The van der Waals surface area contributed by atoms with Gasteiger partial charge in [-0.2, -0.15) is 0 Å². The van der Waals surface area contributed by atoms with Crippen molar-refractivity contribution in [3.05, 3.63) is 89.6 Å². The number of para-hydroxylation sites is 2. The van der Waals surface area contributed by atoms with Crippen LogP contribution in [-0.2, 0) is 0 Å². The van der Waals surface area contributed by atoms with Crippen molar-refractivity contribution >= 4 is 16.6 Å². The molecule has 128 valence electrons. The zero-order chi connectivity index (χ0) is 17.7. The molecule has 0 bridgehead atoms. The van der Waals surface area contributed by atoms with Crippen molar-refractivity contribution in [3.8, 4) is 11.4 Å². The third kappa shape index (κ3) is 2.14. The van der Waals surface area contributed by atoms with Gasteiger partial charge in [0.1, 0.15) is 5.75 Å². The maximum absolute atomic E-state index is 5.32. The molecular formula is C23H20N2O. The summed E-state index contributed by atoms with van der Waals surface area (Å²) in [6.07, 6.45) is 0. The average Bonchev–Trinajstić information content (AvgIpc) is 3.09. The summed E-state index contributed by atoms with van der Waals surface area (Å²) in [7, 11) is 1.70. The molecule has 0 fully saturated rings. The Kier molecular flexibility index (Phi) is 3.29. The van der Waals surface area contributed by atoms with Crippen molar-refractivity contribution in [2.45, 2.75) is 13.0 Å². The molecule has 1 aromatic heterocycles. The van der Waals surface area contributed by atoms with Crippen molar-refractivity contribution < 1.29 is 4.74 Å². The van der Waals surface area contributed by atoms with Gasteiger partial charge in [0.05, 0.1) is 35.7 Å². The molecular weight excluding hydrogens is 320 g/mol. The van der Waals surface area contributed by atoms with Gasteiger partial charge in [-0.05, 0) is 54.4 Å². The average molecular weight is 340 g/mol. The Balaban J connectivity index is 1.78. The number of benzene rings is 3. The van der Waals surface area contributed by atoms with Crippen molar-refractivity contribution in [1.29, 1.82) is 0 Å². The van der Waals surface area contributed by atoms with Gasteiger partial charge in [0.2, 0.25) is 0 Å². The smallest absolute Gasteiger partial charge is 0.118 e. The fraction of sp³-hybridized carbons (Fsp3) is 0.130. The molecule has 2 heterocycles. The maximum atomic E-state index is 5.32. The summed E-state index contributed by atoms with van der Waals surface area (Å²) in [6, 6.07) is 25.8. The first-order valence-corrected chi connectivity index (χ1v) is 8.87. The molecule has 1 aliphatic rings. The minimum atomic E-state index is 0.0996. The van der Waals surface area contributed by atoms with Gasteiger partial charge >= 0.3 is 0 Å². The molecule has 0 saturated carbocycles. The molecule has 4 aromatic rings. The van der Waals surface area contributed by atoms with E-state index < -0.39 is 0 Å². The quantitative estimate of drug-likeness (QED) is 0.524. The number of nitrogens with one attached hydrogen (secondary N) is 1. The lowest BCUT2D eigenvalue weighted by Gasteiger charge is -2.30. The normalized spacial score (nSPS) is 15.2. The van der Waals surface area contributed by atoms with E-state index in [9.17, 15) is 0 Å². The molecule has 3 nitrogen and oxygen atoms in total. The van der Waals surface area contributed by atoms with Crippen molar-refractivity contribution in [2.75, 3.05) is 12.4 Å². The first-order valence-electron chi connectivity index (χ1n) is 8.87. The highest BCUT2D eigenvalue weighted by atomic mass is 16.5. The second kappa shape index (κ2) is 5.67. The van der Waals surface area contributed by atoms with E-state index in [1.807, 2.05) is 12.1 Å². The Labute approximate surface area is 152 Å². The van der Waals surface area contributed by atoms with Gasteiger partial charge in [0.15, 0.2) is 0 Å². The van der Waals surface area contributed by atoms with Crippen molar-refractivity contribution in [1.82, 2.24) is 4.57 Å². The maximum Gasteiger partial charge on any atom is 0.118 e. The van der Waals surface area contributed by atoms with E-state index in [1.54, 1.807) is 7.11 Å². The number of rotatable bonds is 2. The van der Waals surface area contributed by atoms with Crippen LogP contribution in [0, 0.1) is 6.92 Å². The Morgan fingerprint density at radius 2 is 1.73 bits per heavy atom. The summed E-state index contributed by atoms with van der Waals surface area (Å²) in [4.78, 5) is 0. The monoisotopic (exact) mass is 340 g/mol. The fourth-order valence-corrected chi connectivity index (χ4v) is 3.95. The number of hydrogen-bond acceptors (Lipinski definition) is 2. The first-order chi connectivity index (χ1) is 12.8. The van der Waals surface area contributed by atoms with E-state index in [0.29, 0.717) is 0 Å². The topological polar surface area (TPSA) is 26.2 Å². The Morgan fingerprint density at radius 3 is 2.54 bits per heavy atom. The molecule has 0 radical (unpaired) electrons. The molecule has 0 spiro atoms. The van der Waals surface area contributed by atoms with Gasteiger partial charge in [-0.3, -0.25) is 0 Å². The van der Waals surface area contributed by atoms with E-state index in [-0.39, 0.29) is 6.04 Å². The Hall–Kier alpha value is -3.20. The number of anilines is 1. The molecule has 0 saturated heterocycles. The highest BCUT2D eigenvalue weighted by molar-refractivity contribution is 5.89. The number of aryl methyl sites for hydroxylation is 1. The first kappa shape index (κ1) is 15.1. The van der Waals surface area contributed by atoms with Crippen LogP contribution >= 0.6 is 0 Å². The summed E-state index contributed by atoms with van der Waals surface area (Å²) < 4.78 is 7.71. The fourth-order valence-electron chi connectivity index (χ4n) is 3.95. The third-order valence-corrected chi connectivity index (χ3v) is 5.28. The standard InChI is InChI=1S/C23H20N2O/c1-15-6-5-9-20-18(15)14-22-23(16-10-12-17(26-2)13-11-16)24-19-7-3-4-8-21(19)25(20)22/h3-14,23-24H,1-2H3. The van der Waals surface area contributed by atoms with Crippen LogP contribution in [0.1, 0.15) is 22.9 Å². The number of ether oxygens (including phenoxy) is 1. The van der Waals surface area contributed by atoms with Gasteiger partial charge in [-0.25, -0.2) is 0 Å². The number of fused-ring (bicyclic) bond motifs is 5. The van der Waals surface area contributed by atoms with Crippen LogP contribution in [0.4, 0.5) is 5.69 Å². The molecule has 1 N–H and O–H groups in total. The molecule has 0 aliphatic carbocycles. The van der Waals surface area contributed by atoms with Gasteiger partial charge in [0, 0.05) is 5.39 Å². The molecule has 26 heavy (non-hydrogen) atoms. The van der Waals surface area contributed by atoms with E-state index in [4.69, 9.17) is 4.74 Å². The molecule has 3 heteroatoms. The number of methoxy groups -OCH3 is 1. The molecule has 0 amide bonds. The summed E-state index contributed by atoms with van der Waals surface area (Å²) in [5.74, 6) is 0.876. The molecule has 3 aromatic carbocycles. The number of aromatic nitrogens is 1. The van der Waals surface area contributed by atoms with E-state index in [1.165, 1.54) is 33.4 Å². The highest BCUT2D eigenvalue weighted by Crippen LogP contribution is 2.41. The van der Waals surface area contributed by atoms with Crippen LogP contribution in [0.15, 0.2) is 72.8 Å². The van der Waals surface area contributed by atoms with Crippen LogP contribution in [-0.4, -0.2) is 11.7 Å². The van der Waals surface area contributed by atoms with Crippen LogP contribution < -0.4 is 10.1 Å². The zero-order valence-corrected chi connectivity index (χ0v) is 14.9. The van der Waals surface area contributed by atoms with E-state index >= 15 is 0 Å². The second-order valence-electron chi connectivity index (χ2n) is 6.78. The van der Waals surface area contributed by atoms with Crippen LogP contribution in [0.3, 0.4) is 0 Å². The lowest BCUT2D eigenvalue weighted by atomic mass is 10.00. The number of nitrogens with zero attached hydrogens (tertiary/aromatic N) is 1. The zero-order valence-electron chi connectivity index (χ0n) is 14.9. The Morgan fingerprint density at radius 1 is 0.923 bits per heavy atom. The van der Waals surface area contributed by atoms with Crippen LogP contribution in [0.5, 0.6) is 5.75 Å². The highest BCUT2D eigenvalue weighted by Gasteiger charge is 2.27. The predicted molar refractivity (Wildman–Crippen MR) is 106 cm³/mol. The predicted octanol–water partition coefficient (Wildman–Crippen LogP) is 5.46. The van der Waals surface area contributed by atoms with Crippen LogP contribution in [0.25, 0.3) is 16.6 Å². The van der Waals surface area contributed by atoms with E-state index in [0.717, 1.165) is 11.4 Å². The molecule has 1 aliphatic heterocycles. The summed E-state index contributed by atoms with van der Waals surface area (Å²) in [5, 5.41) is 5.03. The summed E-state index contributed by atoms with van der Waals surface area (Å²) in [5.41, 5.74) is 7.40. The van der Waals surface area contributed by atoms with Gasteiger partial charge in [0.25, 0.3) is 0 Å². The third-order valence-electron chi connectivity index (χ3n) is 5.28. The SMILES string of the molecule is COc1ccc(C2Nc3ccccc3-n3c2cc2c(C)cccc23)cc1. The van der Waals surface area contributed by atoms with Gasteiger partial charge in [-0.1, -0.05) is 36.4 Å². The minimum absolute atomic E-state index is 0.0996. The molecule has 1 atom stereocenters. The number of hydrogen-bond donors (Lipinski definition) is 1. The lowest BCUT2D eigenvalue weighted by molar-refractivity contribution is 0.414. The van der Waals surface area contributed by atoms with Gasteiger partial charge in [-0.15, -0.1) is 0 Å². The van der Waals surface area contributed by atoms with Crippen molar-refractivity contribution in [3.63, 3.8) is 0 Å². The largest absolute Gasteiger partial charge is 0.497 e.